The van der Waals surface area contributed by atoms with Gasteiger partial charge in [0.1, 0.15) is 17.3 Å². The number of rotatable bonds is 5. The fraction of sp³-hybridized carbons (Fsp3) is 0.0800. The van der Waals surface area contributed by atoms with Gasteiger partial charge in [-0.2, -0.15) is 0 Å². The molecule has 0 saturated carbocycles. The number of hydrogen-bond acceptors (Lipinski definition) is 5. The van der Waals surface area contributed by atoms with Crippen molar-refractivity contribution >= 4 is 27.6 Å². The molecule has 6 rings (SSSR count). The van der Waals surface area contributed by atoms with Crippen molar-refractivity contribution in [3.63, 3.8) is 0 Å². The van der Waals surface area contributed by atoms with Crippen LogP contribution in [-0.2, 0) is 6.54 Å². The molecule has 0 saturated heterocycles. The number of anilines is 1. The maximum absolute atomic E-state index is 6.01. The molecule has 6 nitrogen and oxygen atoms in total. The number of aromatic amines is 1. The van der Waals surface area contributed by atoms with Gasteiger partial charge in [0.2, 0.25) is 6.79 Å². The second-order valence-corrected chi connectivity index (χ2v) is 7.40. The van der Waals surface area contributed by atoms with Crippen LogP contribution in [0.5, 0.6) is 23.0 Å². The zero-order chi connectivity index (χ0) is 20.6. The monoisotopic (exact) mass is 409 g/mol. The molecule has 6 heteroatoms. The lowest BCUT2D eigenvalue weighted by atomic mass is 10.2. The van der Waals surface area contributed by atoms with Crippen LogP contribution in [0, 0.1) is 0 Å². The summed E-state index contributed by atoms with van der Waals surface area (Å²) in [5.41, 5.74) is 3.25. The van der Waals surface area contributed by atoms with Crippen molar-refractivity contribution in [2.24, 2.45) is 0 Å². The summed E-state index contributed by atoms with van der Waals surface area (Å²) in [6.07, 6.45) is 1.87. The van der Waals surface area contributed by atoms with Crippen LogP contribution in [0.25, 0.3) is 21.8 Å². The Hall–Kier alpha value is -4.19. The second-order valence-electron chi connectivity index (χ2n) is 7.40. The molecular weight excluding hydrogens is 390 g/mol. The summed E-state index contributed by atoms with van der Waals surface area (Å²) in [5.74, 6) is 3.75. The molecular formula is C25H19N3O3. The molecule has 3 heterocycles. The summed E-state index contributed by atoms with van der Waals surface area (Å²) in [7, 11) is 0. The van der Waals surface area contributed by atoms with Gasteiger partial charge >= 0.3 is 0 Å². The lowest BCUT2D eigenvalue weighted by Gasteiger charge is -2.10. The number of hydrogen-bond donors (Lipinski definition) is 2. The summed E-state index contributed by atoms with van der Waals surface area (Å²) in [6, 6.07) is 23.9. The summed E-state index contributed by atoms with van der Waals surface area (Å²) in [6.45, 7) is 0.886. The first kappa shape index (κ1) is 17.7. The van der Waals surface area contributed by atoms with Crippen LogP contribution in [0.1, 0.15) is 5.56 Å². The standard InChI is InChI=1S/C25H19N3O3/c1-2-7-21-19(6-1)20-12-25(27-14-22(20)28-21)26-13-16-4-3-5-17(10-16)31-18-8-9-23-24(11-18)30-15-29-23/h1-12,14,28H,13,15H2,(H,26,27). The van der Waals surface area contributed by atoms with Crippen LogP contribution in [0.2, 0.25) is 0 Å². The van der Waals surface area contributed by atoms with E-state index in [9.17, 15) is 0 Å². The molecule has 0 amide bonds. The lowest BCUT2D eigenvalue weighted by Crippen LogP contribution is -2.01. The average Bonchev–Trinajstić information content (AvgIpc) is 3.42. The van der Waals surface area contributed by atoms with E-state index < -0.39 is 0 Å². The summed E-state index contributed by atoms with van der Waals surface area (Å²) >= 11 is 0. The van der Waals surface area contributed by atoms with E-state index in [-0.39, 0.29) is 6.79 Å². The van der Waals surface area contributed by atoms with Crippen molar-refractivity contribution in [2.75, 3.05) is 12.1 Å². The second kappa shape index (κ2) is 7.25. The van der Waals surface area contributed by atoms with Crippen LogP contribution in [0.4, 0.5) is 5.82 Å². The predicted molar refractivity (Wildman–Crippen MR) is 120 cm³/mol. The third-order valence-corrected chi connectivity index (χ3v) is 5.34. The van der Waals surface area contributed by atoms with Crippen LogP contribution in [0.15, 0.2) is 79.0 Å². The van der Waals surface area contributed by atoms with Crippen molar-refractivity contribution < 1.29 is 14.2 Å². The van der Waals surface area contributed by atoms with Crippen molar-refractivity contribution in [2.45, 2.75) is 6.54 Å². The number of ether oxygens (including phenoxy) is 3. The minimum Gasteiger partial charge on any atom is -0.457 e. The molecule has 5 aromatic rings. The van der Waals surface area contributed by atoms with E-state index in [4.69, 9.17) is 14.2 Å². The average molecular weight is 409 g/mol. The van der Waals surface area contributed by atoms with Crippen molar-refractivity contribution in [3.8, 4) is 23.0 Å². The highest BCUT2D eigenvalue weighted by Crippen LogP contribution is 2.36. The quantitative estimate of drug-likeness (QED) is 0.381. The first-order valence-electron chi connectivity index (χ1n) is 10.1. The summed E-state index contributed by atoms with van der Waals surface area (Å²) < 4.78 is 16.8. The maximum atomic E-state index is 6.01. The highest BCUT2D eigenvalue weighted by molar-refractivity contribution is 6.07. The number of pyridine rings is 1. The maximum Gasteiger partial charge on any atom is 0.231 e. The molecule has 152 valence electrons. The molecule has 0 aliphatic carbocycles. The van der Waals surface area contributed by atoms with Gasteiger partial charge in [-0.25, -0.2) is 4.98 Å². The van der Waals surface area contributed by atoms with E-state index in [2.05, 4.69) is 45.6 Å². The van der Waals surface area contributed by atoms with Gasteiger partial charge in [0.15, 0.2) is 11.5 Å². The largest absolute Gasteiger partial charge is 0.457 e. The van der Waals surface area contributed by atoms with E-state index in [0.717, 1.165) is 39.3 Å². The van der Waals surface area contributed by atoms with Gasteiger partial charge < -0.3 is 24.5 Å². The minimum absolute atomic E-state index is 0.248. The van der Waals surface area contributed by atoms with E-state index in [1.54, 1.807) is 0 Å². The van der Waals surface area contributed by atoms with E-state index >= 15 is 0 Å². The zero-order valence-electron chi connectivity index (χ0n) is 16.6. The Kier molecular flexibility index (Phi) is 4.13. The first-order valence-corrected chi connectivity index (χ1v) is 10.1. The predicted octanol–water partition coefficient (Wildman–Crippen LogP) is 5.85. The smallest absolute Gasteiger partial charge is 0.231 e. The molecule has 0 bridgehead atoms. The van der Waals surface area contributed by atoms with Crippen LogP contribution in [0.3, 0.4) is 0 Å². The Balaban J connectivity index is 1.19. The number of fused-ring (bicyclic) bond motifs is 4. The number of aromatic nitrogens is 2. The number of para-hydroxylation sites is 1. The van der Waals surface area contributed by atoms with Gasteiger partial charge in [0.25, 0.3) is 0 Å². The molecule has 0 atom stereocenters. The van der Waals surface area contributed by atoms with Gasteiger partial charge in [-0.15, -0.1) is 0 Å². The molecule has 2 aromatic heterocycles. The van der Waals surface area contributed by atoms with Crippen molar-refractivity contribution in [1.82, 2.24) is 9.97 Å². The third kappa shape index (κ3) is 3.38. The molecule has 1 aliphatic heterocycles. The molecule has 1 aliphatic rings. The number of nitrogens with one attached hydrogen (secondary N) is 2. The Morgan fingerprint density at radius 3 is 2.74 bits per heavy atom. The normalized spacial score (nSPS) is 12.4. The highest BCUT2D eigenvalue weighted by Gasteiger charge is 2.14. The Morgan fingerprint density at radius 1 is 0.839 bits per heavy atom. The Labute approximate surface area is 178 Å². The van der Waals surface area contributed by atoms with Crippen molar-refractivity contribution in [1.29, 1.82) is 0 Å². The fourth-order valence-corrected chi connectivity index (χ4v) is 3.83. The summed E-state index contributed by atoms with van der Waals surface area (Å²) in [4.78, 5) is 7.94. The molecule has 0 radical (unpaired) electrons. The van der Waals surface area contributed by atoms with E-state index in [0.29, 0.717) is 18.0 Å². The van der Waals surface area contributed by atoms with Gasteiger partial charge in [0, 0.05) is 28.9 Å². The first-order chi connectivity index (χ1) is 15.3. The molecule has 0 spiro atoms. The topological polar surface area (TPSA) is 68.4 Å². The van der Waals surface area contributed by atoms with Gasteiger partial charge in [0.05, 0.1) is 11.7 Å². The number of benzene rings is 3. The molecule has 31 heavy (non-hydrogen) atoms. The molecule has 0 unspecified atom stereocenters. The third-order valence-electron chi connectivity index (χ3n) is 5.34. The van der Waals surface area contributed by atoms with Crippen LogP contribution >= 0.6 is 0 Å². The zero-order valence-corrected chi connectivity index (χ0v) is 16.6. The van der Waals surface area contributed by atoms with Crippen LogP contribution < -0.4 is 19.5 Å². The Morgan fingerprint density at radius 2 is 1.74 bits per heavy atom. The summed E-state index contributed by atoms with van der Waals surface area (Å²) in [5, 5.41) is 5.77. The number of H-pyrrole nitrogens is 1. The number of nitrogens with zero attached hydrogens (tertiary/aromatic N) is 1. The van der Waals surface area contributed by atoms with Gasteiger partial charge in [-0.1, -0.05) is 30.3 Å². The lowest BCUT2D eigenvalue weighted by molar-refractivity contribution is 0.174. The van der Waals surface area contributed by atoms with E-state index in [1.165, 1.54) is 5.39 Å². The van der Waals surface area contributed by atoms with E-state index in [1.807, 2.05) is 48.7 Å². The highest BCUT2D eigenvalue weighted by atomic mass is 16.7. The molecule has 0 fully saturated rings. The van der Waals surface area contributed by atoms with Crippen molar-refractivity contribution in [3.05, 3.63) is 84.6 Å². The molecule has 2 N–H and O–H groups in total. The minimum atomic E-state index is 0.248. The van der Waals surface area contributed by atoms with Gasteiger partial charge in [-0.3, -0.25) is 0 Å². The van der Waals surface area contributed by atoms with Gasteiger partial charge in [-0.05, 0) is 42.0 Å². The van der Waals surface area contributed by atoms with Crippen LogP contribution in [-0.4, -0.2) is 16.8 Å². The fourth-order valence-electron chi connectivity index (χ4n) is 3.83. The SMILES string of the molecule is c1cc(CNc2cc3c(cn2)[nH]c2ccccc23)cc(Oc2ccc3c(c2)OCO3)c1. The Bertz CT molecular complexity index is 1410. The molecule has 3 aromatic carbocycles.